The van der Waals surface area contributed by atoms with E-state index >= 15 is 0 Å². The Hall–Kier alpha value is -2.97. The summed E-state index contributed by atoms with van der Waals surface area (Å²) in [7, 11) is -3.63. The van der Waals surface area contributed by atoms with Gasteiger partial charge in [0.15, 0.2) is 5.82 Å². The number of halogens is 1. The standard InChI is InChI=1S/C19H15ClN4O3S/c1-28(26,27)18-21-11-13-12-23(16-10-6-5-9-15(16)20)19(25)24(17(13)22-18)14-7-3-2-4-8-14/h2-11H,12H2,1H3. The van der Waals surface area contributed by atoms with Crippen LogP contribution in [0.1, 0.15) is 5.56 Å². The van der Waals surface area contributed by atoms with Crippen molar-refractivity contribution in [3.05, 3.63) is 71.4 Å². The quantitative estimate of drug-likeness (QED) is 0.608. The third kappa shape index (κ3) is 3.21. The second-order valence-electron chi connectivity index (χ2n) is 6.26. The topological polar surface area (TPSA) is 83.5 Å². The van der Waals surface area contributed by atoms with E-state index in [0.29, 0.717) is 22.0 Å². The molecule has 0 fully saturated rings. The Bertz CT molecular complexity index is 1170. The number of sulfone groups is 1. The second kappa shape index (κ2) is 6.88. The van der Waals surface area contributed by atoms with E-state index in [0.717, 1.165) is 6.26 Å². The fourth-order valence-corrected chi connectivity index (χ4v) is 3.72. The van der Waals surface area contributed by atoms with Gasteiger partial charge in [-0.25, -0.2) is 23.1 Å². The Morgan fingerprint density at radius 1 is 1.04 bits per heavy atom. The van der Waals surface area contributed by atoms with Crippen molar-refractivity contribution in [3.63, 3.8) is 0 Å². The lowest BCUT2D eigenvalue weighted by Gasteiger charge is -2.36. The number of carbonyl (C=O) groups is 1. The summed E-state index contributed by atoms with van der Waals surface area (Å²) in [6, 6.07) is 15.5. The van der Waals surface area contributed by atoms with Crippen molar-refractivity contribution in [2.75, 3.05) is 16.1 Å². The van der Waals surface area contributed by atoms with E-state index in [4.69, 9.17) is 11.6 Å². The first-order valence-electron chi connectivity index (χ1n) is 8.33. The maximum Gasteiger partial charge on any atom is 0.335 e. The molecule has 2 aromatic carbocycles. The van der Waals surface area contributed by atoms with E-state index in [2.05, 4.69) is 9.97 Å². The summed E-state index contributed by atoms with van der Waals surface area (Å²) in [6.45, 7) is 0.172. The molecule has 0 unspecified atom stereocenters. The Balaban J connectivity index is 1.92. The molecular formula is C19H15ClN4O3S. The maximum atomic E-state index is 13.4. The number of hydrogen-bond acceptors (Lipinski definition) is 5. The van der Waals surface area contributed by atoms with E-state index in [1.165, 1.54) is 16.0 Å². The molecule has 0 aliphatic carbocycles. The Labute approximate surface area is 167 Å². The molecule has 0 saturated heterocycles. The van der Waals surface area contributed by atoms with Gasteiger partial charge in [-0.3, -0.25) is 4.90 Å². The molecule has 0 saturated carbocycles. The van der Waals surface area contributed by atoms with Crippen LogP contribution in [0, 0.1) is 0 Å². The maximum absolute atomic E-state index is 13.4. The number of para-hydroxylation sites is 2. The van der Waals surface area contributed by atoms with Crippen LogP contribution < -0.4 is 9.80 Å². The van der Waals surface area contributed by atoms with Gasteiger partial charge in [-0.2, -0.15) is 4.98 Å². The minimum Gasteiger partial charge on any atom is -0.288 e. The number of aromatic nitrogens is 2. The highest BCUT2D eigenvalue weighted by Gasteiger charge is 2.35. The molecule has 0 bridgehead atoms. The molecule has 2 heterocycles. The lowest BCUT2D eigenvalue weighted by molar-refractivity contribution is 0.252. The third-order valence-electron chi connectivity index (χ3n) is 4.27. The zero-order chi connectivity index (χ0) is 19.9. The van der Waals surface area contributed by atoms with Gasteiger partial charge < -0.3 is 0 Å². The number of carbonyl (C=O) groups excluding carboxylic acids is 1. The largest absolute Gasteiger partial charge is 0.335 e. The number of urea groups is 1. The SMILES string of the molecule is CS(=O)(=O)c1ncc2c(n1)N(c1ccccc1)C(=O)N(c1ccccc1Cl)C2. The summed E-state index contributed by atoms with van der Waals surface area (Å²) in [4.78, 5) is 24.4. The van der Waals surface area contributed by atoms with Crippen LogP contribution >= 0.6 is 11.6 Å². The number of benzene rings is 2. The van der Waals surface area contributed by atoms with Gasteiger partial charge in [-0.05, 0) is 24.3 Å². The molecule has 0 radical (unpaired) electrons. The second-order valence-corrected chi connectivity index (χ2v) is 8.58. The summed E-state index contributed by atoms with van der Waals surface area (Å²) < 4.78 is 23.8. The normalized spacial score (nSPS) is 14.1. The Morgan fingerprint density at radius 2 is 1.71 bits per heavy atom. The van der Waals surface area contributed by atoms with Crippen LogP contribution in [0.25, 0.3) is 0 Å². The lowest BCUT2D eigenvalue weighted by Crippen LogP contribution is -2.45. The molecular weight excluding hydrogens is 400 g/mol. The monoisotopic (exact) mass is 414 g/mol. The van der Waals surface area contributed by atoms with Crippen LogP contribution in [0.3, 0.4) is 0 Å². The van der Waals surface area contributed by atoms with E-state index in [1.54, 1.807) is 48.5 Å². The van der Waals surface area contributed by atoms with Crippen LogP contribution in [0.2, 0.25) is 5.02 Å². The minimum atomic E-state index is -3.63. The number of amides is 2. The van der Waals surface area contributed by atoms with Crippen LogP contribution in [0.5, 0.6) is 0 Å². The summed E-state index contributed by atoms with van der Waals surface area (Å²) >= 11 is 6.31. The summed E-state index contributed by atoms with van der Waals surface area (Å²) in [5, 5.41) is 0.104. The van der Waals surface area contributed by atoms with Gasteiger partial charge in [0.05, 0.1) is 22.9 Å². The first-order valence-corrected chi connectivity index (χ1v) is 10.6. The average Bonchev–Trinajstić information content (AvgIpc) is 2.68. The molecule has 1 aliphatic heterocycles. The van der Waals surface area contributed by atoms with Crippen LogP contribution in [0.4, 0.5) is 22.0 Å². The molecule has 1 aromatic heterocycles. The first kappa shape index (κ1) is 18.4. The predicted molar refractivity (Wildman–Crippen MR) is 107 cm³/mol. The van der Waals surface area contributed by atoms with E-state index in [1.807, 2.05) is 6.07 Å². The summed E-state index contributed by atoms with van der Waals surface area (Å²) in [6.07, 6.45) is 2.47. The minimum absolute atomic E-state index is 0.172. The lowest BCUT2D eigenvalue weighted by atomic mass is 10.1. The highest BCUT2D eigenvalue weighted by atomic mass is 35.5. The molecule has 7 nitrogen and oxygen atoms in total. The number of hydrogen-bond donors (Lipinski definition) is 0. The van der Waals surface area contributed by atoms with Crippen molar-refractivity contribution in [1.29, 1.82) is 0 Å². The van der Waals surface area contributed by atoms with Crippen molar-refractivity contribution >= 4 is 44.7 Å². The van der Waals surface area contributed by atoms with Gasteiger partial charge in [0.1, 0.15) is 0 Å². The Kier molecular flexibility index (Phi) is 4.52. The van der Waals surface area contributed by atoms with Crippen LogP contribution in [-0.4, -0.2) is 30.7 Å². The molecule has 0 N–H and O–H groups in total. The molecule has 0 spiro atoms. The first-order chi connectivity index (χ1) is 13.4. The van der Waals surface area contributed by atoms with Crippen LogP contribution in [-0.2, 0) is 16.4 Å². The smallest absolute Gasteiger partial charge is 0.288 e. The molecule has 9 heteroatoms. The van der Waals surface area contributed by atoms with Crippen molar-refractivity contribution in [1.82, 2.24) is 9.97 Å². The van der Waals surface area contributed by atoms with E-state index < -0.39 is 9.84 Å². The van der Waals surface area contributed by atoms with Crippen molar-refractivity contribution in [3.8, 4) is 0 Å². The zero-order valence-electron chi connectivity index (χ0n) is 14.8. The fourth-order valence-electron chi connectivity index (χ4n) is 2.98. The zero-order valence-corrected chi connectivity index (χ0v) is 16.4. The average molecular weight is 415 g/mol. The number of nitrogens with zero attached hydrogens (tertiary/aromatic N) is 4. The molecule has 28 heavy (non-hydrogen) atoms. The molecule has 1 aliphatic rings. The van der Waals surface area contributed by atoms with Crippen molar-refractivity contribution in [2.45, 2.75) is 11.7 Å². The van der Waals surface area contributed by atoms with E-state index in [9.17, 15) is 13.2 Å². The number of anilines is 3. The molecule has 4 rings (SSSR count). The number of rotatable bonds is 3. The van der Waals surface area contributed by atoms with Gasteiger partial charge >= 0.3 is 6.03 Å². The summed E-state index contributed by atoms with van der Waals surface area (Å²) in [5.74, 6) is 0.245. The highest BCUT2D eigenvalue weighted by Crippen LogP contribution is 2.37. The van der Waals surface area contributed by atoms with E-state index in [-0.39, 0.29) is 23.6 Å². The van der Waals surface area contributed by atoms with Crippen molar-refractivity contribution in [2.24, 2.45) is 0 Å². The molecule has 142 valence electrons. The predicted octanol–water partition coefficient (Wildman–Crippen LogP) is 3.81. The third-order valence-corrected chi connectivity index (χ3v) is 5.45. The molecule has 0 atom stereocenters. The highest BCUT2D eigenvalue weighted by molar-refractivity contribution is 7.90. The van der Waals surface area contributed by atoms with Gasteiger partial charge in [0.2, 0.25) is 15.0 Å². The molecule has 2 amide bonds. The van der Waals surface area contributed by atoms with Crippen molar-refractivity contribution < 1.29 is 13.2 Å². The van der Waals surface area contributed by atoms with Gasteiger partial charge in [0.25, 0.3) is 0 Å². The summed E-state index contributed by atoms with van der Waals surface area (Å²) in [5.41, 5.74) is 1.72. The van der Waals surface area contributed by atoms with Gasteiger partial charge in [-0.1, -0.05) is 41.9 Å². The molecule has 3 aromatic rings. The van der Waals surface area contributed by atoms with Crippen LogP contribution in [0.15, 0.2) is 66.0 Å². The van der Waals surface area contributed by atoms with Gasteiger partial charge in [-0.15, -0.1) is 0 Å². The Morgan fingerprint density at radius 3 is 2.39 bits per heavy atom. The fraction of sp³-hybridized carbons (Fsp3) is 0.105. The van der Waals surface area contributed by atoms with Gasteiger partial charge in [0, 0.05) is 18.0 Å². The number of fused-ring (bicyclic) bond motifs is 1.